The number of anilines is 1. The molecular formula is C28H31N3O7S2. The molecule has 3 aromatic rings. The number of carbonyl (C=O) groups is 1. The number of nitrogens with zero attached hydrogens (tertiary/aromatic N) is 2. The largest absolute Gasteiger partial charge is 0.454 e. The van der Waals surface area contributed by atoms with Crippen molar-refractivity contribution in [3.05, 3.63) is 78.4 Å². The van der Waals surface area contributed by atoms with Gasteiger partial charge in [-0.3, -0.25) is 4.79 Å². The molecule has 40 heavy (non-hydrogen) atoms. The molecule has 0 aromatic heterocycles. The van der Waals surface area contributed by atoms with Gasteiger partial charge in [-0.2, -0.15) is 8.61 Å². The number of sulfonamides is 2. The van der Waals surface area contributed by atoms with E-state index in [0.717, 1.165) is 17.1 Å². The molecule has 1 atom stereocenters. The van der Waals surface area contributed by atoms with Gasteiger partial charge in [0.05, 0.1) is 16.3 Å². The number of benzene rings is 3. The van der Waals surface area contributed by atoms with Crippen molar-refractivity contribution in [1.82, 2.24) is 8.61 Å². The fourth-order valence-corrected chi connectivity index (χ4v) is 7.78. The van der Waals surface area contributed by atoms with Crippen LogP contribution in [0, 0.1) is 5.92 Å². The molecule has 0 saturated carbocycles. The molecule has 1 unspecified atom stereocenters. The van der Waals surface area contributed by atoms with Gasteiger partial charge in [-0.25, -0.2) is 16.8 Å². The first-order valence-electron chi connectivity index (χ1n) is 13.0. The molecule has 3 aromatic carbocycles. The number of rotatable bonds is 9. The third-order valence-corrected chi connectivity index (χ3v) is 10.6. The number of para-hydroxylation sites is 1. The molecule has 0 bridgehead atoms. The highest BCUT2D eigenvalue weighted by Gasteiger charge is 2.31. The molecule has 0 aliphatic carbocycles. The second kappa shape index (κ2) is 11.6. The summed E-state index contributed by atoms with van der Waals surface area (Å²) < 4.78 is 67.2. The molecule has 10 nitrogen and oxygen atoms in total. The lowest BCUT2D eigenvalue weighted by Crippen LogP contribution is -2.39. The number of amides is 1. The molecular weight excluding hydrogens is 554 g/mol. The Labute approximate surface area is 234 Å². The van der Waals surface area contributed by atoms with Crippen LogP contribution in [0.1, 0.15) is 25.3 Å². The molecule has 2 aliphatic rings. The molecule has 0 radical (unpaired) electrons. The third kappa shape index (κ3) is 6.15. The van der Waals surface area contributed by atoms with E-state index in [1.807, 2.05) is 13.0 Å². The Balaban J connectivity index is 1.40. The highest BCUT2D eigenvalue weighted by molar-refractivity contribution is 7.89. The summed E-state index contributed by atoms with van der Waals surface area (Å²) in [6.45, 7) is 2.38. The van der Waals surface area contributed by atoms with Crippen LogP contribution < -0.4 is 14.8 Å². The van der Waals surface area contributed by atoms with Crippen LogP contribution in [0.25, 0.3) is 0 Å². The smallest absolute Gasteiger partial charge is 0.243 e. The highest BCUT2D eigenvalue weighted by atomic mass is 32.2. The van der Waals surface area contributed by atoms with Gasteiger partial charge < -0.3 is 14.8 Å². The van der Waals surface area contributed by atoms with Gasteiger partial charge in [-0.05, 0) is 72.9 Å². The fraction of sp³-hybridized carbons (Fsp3) is 0.321. The predicted octanol–water partition coefficient (Wildman–Crippen LogP) is 3.67. The maximum absolute atomic E-state index is 13.8. The maximum atomic E-state index is 13.8. The minimum Gasteiger partial charge on any atom is -0.454 e. The molecule has 2 heterocycles. The van der Waals surface area contributed by atoms with Crippen molar-refractivity contribution in [2.24, 2.45) is 5.92 Å². The third-order valence-electron chi connectivity index (χ3n) is 6.89. The predicted molar refractivity (Wildman–Crippen MR) is 149 cm³/mol. The van der Waals surface area contributed by atoms with Gasteiger partial charge in [-0.15, -0.1) is 0 Å². The van der Waals surface area contributed by atoms with Crippen molar-refractivity contribution in [3.63, 3.8) is 0 Å². The summed E-state index contributed by atoms with van der Waals surface area (Å²) in [5.74, 6) is 0.786. The van der Waals surface area contributed by atoms with Crippen LogP contribution in [0.5, 0.6) is 11.5 Å². The lowest BCUT2D eigenvalue weighted by atomic mass is 10.0. The summed E-state index contributed by atoms with van der Waals surface area (Å²) in [5.41, 5.74) is 1.13. The van der Waals surface area contributed by atoms with E-state index in [1.54, 1.807) is 42.5 Å². The topological polar surface area (TPSA) is 122 Å². The number of ether oxygens (including phenoxy) is 2. The van der Waals surface area contributed by atoms with Gasteiger partial charge in [0, 0.05) is 25.3 Å². The van der Waals surface area contributed by atoms with Gasteiger partial charge in [-0.1, -0.05) is 31.2 Å². The molecule has 1 saturated heterocycles. The van der Waals surface area contributed by atoms with Gasteiger partial charge in [0.15, 0.2) is 11.5 Å². The Morgan fingerprint density at radius 2 is 1.65 bits per heavy atom. The van der Waals surface area contributed by atoms with E-state index in [-0.39, 0.29) is 29.0 Å². The Morgan fingerprint density at radius 3 is 2.38 bits per heavy atom. The molecule has 1 amide bonds. The molecule has 1 N–H and O–H groups in total. The number of piperidine rings is 1. The summed E-state index contributed by atoms with van der Waals surface area (Å²) >= 11 is 0. The molecule has 212 valence electrons. The molecule has 2 aliphatic heterocycles. The van der Waals surface area contributed by atoms with E-state index in [9.17, 15) is 21.6 Å². The lowest BCUT2D eigenvalue weighted by Gasteiger charge is -2.30. The lowest BCUT2D eigenvalue weighted by molar-refractivity contribution is -0.116. The molecule has 12 heteroatoms. The van der Waals surface area contributed by atoms with E-state index < -0.39 is 32.5 Å². The van der Waals surface area contributed by atoms with Crippen molar-refractivity contribution in [2.45, 2.75) is 36.1 Å². The van der Waals surface area contributed by atoms with E-state index in [2.05, 4.69) is 5.32 Å². The normalized spacial score (nSPS) is 17.6. The van der Waals surface area contributed by atoms with Crippen molar-refractivity contribution in [3.8, 4) is 11.5 Å². The maximum Gasteiger partial charge on any atom is 0.243 e. The Bertz CT molecular complexity index is 1580. The summed E-state index contributed by atoms with van der Waals surface area (Å²) in [5, 5.41) is 2.72. The van der Waals surface area contributed by atoms with E-state index in [0.29, 0.717) is 35.8 Å². The minimum absolute atomic E-state index is 0.0321. The summed E-state index contributed by atoms with van der Waals surface area (Å²) in [6, 6.07) is 19.0. The average molecular weight is 586 g/mol. The fourth-order valence-electron chi connectivity index (χ4n) is 4.80. The number of nitrogens with one attached hydrogen (secondary N) is 1. The van der Waals surface area contributed by atoms with Crippen molar-refractivity contribution >= 4 is 31.6 Å². The first kappa shape index (κ1) is 28.1. The Morgan fingerprint density at radius 1 is 0.950 bits per heavy atom. The van der Waals surface area contributed by atoms with Crippen molar-refractivity contribution in [1.29, 1.82) is 0 Å². The van der Waals surface area contributed by atoms with Gasteiger partial charge in [0.1, 0.15) is 0 Å². The number of hydrogen-bond donors (Lipinski definition) is 1. The van der Waals surface area contributed by atoms with Gasteiger partial charge in [0.25, 0.3) is 0 Å². The van der Waals surface area contributed by atoms with Crippen molar-refractivity contribution in [2.75, 3.05) is 31.7 Å². The van der Waals surface area contributed by atoms with Gasteiger partial charge >= 0.3 is 0 Å². The first-order chi connectivity index (χ1) is 19.1. The van der Waals surface area contributed by atoms with E-state index >= 15 is 0 Å². The average Bonchev–Trinajstić information content (AvgIpc) is 3.41. The van der Waals surface area contributed by atoms with Crippen LogP contribution >= 0.6 is 0 Å². The zero-order chi connectivity index (χ0) is 28.3. The first-order valence-corrected chi connectivity index (χ1v) is 15.8. The minimum atomic E-state index is -4.20. The van der Waals surface area contributed by atoms with E-state index in [4.69, 9.17) is 9.47 Å². The van der Waals surface area contributed by atoms with Crippen molar-refractivity contribution < 1.29 is 31.1 Å². The number of hydrogen-bond acceptors (Lipinski definition) is 7. The molecule has 1 fully saturated rings. The second-order valence-corrected chi connectivity index (χ2v) is 13.8. The quantitative estimate of drug-likeness (QED) is 0.407. The highest BCUT2D eigenvalue weighted by Crippen LogP contribution is 2.33. The van der Waals surface area contributed by atoms with Crippen LogP contribution in [0.2, 0.25) is 0 Å². The summed E-state index contributed by atoms with van der Waals surface area (Å²) in [4.78, 5) is 12.8. The van der Waals surface area contributed by atoms with Crippen LogP contribution in [0.15, 0.2) is 82.6 Å². The summed E-state index contributed by atoms with van der Waals surface area (Å²) in [7, 11) is -7.95. The monoisotopic (exact) mass is 585 g/mol. The standard InChI is InChI=1S/C28H31N3O7S2/c1-21-6-5-15-30(17-21)39(33,34)24-10-12-25(13-11-24)40(35,36)31(19-28(32)29-23-7-3-2-4-8-23)18-22-9-14-26-27(16-22)38-20-37-26/h2-4,7-14,16,21H,5-6,15,17-20H2,1H3,(H,29,32). The Kier molecular flexibility index (Phi) is 8.13. The van der Waals surface area contributed by atoms with E-state index in [1.165, 1.54) is 28.6 Å². The SMILES string of the molecule is CC1CCCN(S(=O)(=O)c2ccc(S(=O)(=O)N(CC(=O)Nc3ccccc3)Cc3ccc4c(c3)OCO4)cc2)C1. The number of fused-ring (bicyclic) bond motifs is 1. The van der Waals surface area contributed by atoms with Crippen LogP contribution in [-0.2, 0) is 31.4 Å². The van der Waals surface area contributed by atoms with Gasteiger partial charge in [0.2, 0.25) is 32.7 Å². The summed E-state index contributed by atoms with van der Waals surface area (Å²) in [6.07, 6.45) is 1.76. The van der Waals surface area contributed by atoms with Crippen LogP contribution in [0.4, 0.5) is 5.69 Å². The molecule has 0 spiro atoms. The molecule has 5 rings (SSSR count). The zero-order valence-electron chi connectivity index (χ0n) is 22.0. The van der Waals surface area contributed by atoms with Crippen LogP contribution in [-0.4, -0.2) is 57.8 Å². The number of carbonyl (C=O) groups excluding carboxylic acids is 1. The van der Waals surface area contributed by atoms with Crippen LogP contribution in [0.3, 0.4) is 0 Å². The second-order valence-electron chi connectivity index (χ2n) is 9.96. The zero-order valence-corrected chi connectivity index (χ0v) is 23.7. The Hall–Kier alpha value is -3.45.